The van der Waals surface area contributed by atoms with Gasteiger partial charge in [0.1, 0.15) is 5.76 Å². The number of amides is 1. The number of rotatable bonds is 7. The van der Waals surface area contributed by atoms with Crippen molar-refractivity contribution < 1.29 is 17.6 Å². The Morgan fingerprint density at radius 1 is 1.14 bits per heavy atom. The van der Waals surface area contributed by atoms with E-state index in [-0.39, 0.29) is 24.7 Å². The van der Waals surface area contributed by atoms with Crippen LogP contribution in [-0.4, -0.2) is 27.4 Å². The highest BCUT2D eigenvalue weighted by molar-refractivity contribution is 7.88. The van der Waals surface area contributed by atoms with Crippen molar-refractivity contribution in [1.29, 1.82) is 0 Å². The third kappa shape index (κ3) is 4.71. The molecule has 2 aromatic rings. The molecular weight excluding hydrogens is 304 g/mol. The molecule has 2 rings (SSSR count). The average Bonchev–Trinajstić information content (AvgIpc) is 2.90. The third-order valence-corrected chi connectivity index (χ3v) is 4.39. The van der Waals surface area contributed by atoms with Crippen LogP contribution < -0.4 is 10.0 Å². The van der Waals surface area contributed by atoms with E-state index in [9.17, 15) is 13.2 Å². The lowest BCUT2D eigenvalue weighted by molar-refractivity contribution is 0.0953. The molecule has 0 unspecified atom stereocenters. The fraction of sp³-hybridized carbons (Fsp3) is 0.267. The van der Waals surface area contributed by atoms with E-state index in [4.69, 9.17) is 4.42 Å². The first-order chi connectivity index (χ1) is 10.5. The van der Waals surface area contributed by atoms with Crippen LogP contribution in [0.25, 0.3) is 0 Å². The number of aryl methyl sites for hydroxylation is 1. The summed E-state index contributed by atoms with van der Waals surface area (Å²) in [6, 6.07) is 10.5. The summed E-state index contributed by atoms with van der Waals surface area (Å²) in [5, 5.41) is 2.64. The molecule has 118 valence electrons. The van der Waals surface area contributed by atoms with Crippen molar-refractivity contribution in [3.05, 3.63) is 59.5 Å². The summed E-state index contributed by atoms with van der Waals surface area (Å²) in [6.07, 6.45) is 1.44. The SMILES string of the molecule is Cc1occc1C(=O)NCCNS(=O)(=O)Cc1ccccc1. The molecule has 1 heterocycles. The molecule has 0 bridgehead atoms. The van der Waals surface area contributed by atoms with E-state index in [1.165, 1.54) is 6.26 Å². The molecule has 0 atom stereocenters. The minimum absolute atomic E-state index is 0.0807. The van der Waals surface area contributed by atoms with E-state index in [0.29, 0.717) is 16.9 Å². The van der Waals surface area contributed by atoms with Crippen LogP contribution in [0.3, 0.4) is 0 Å². The van der Waals surface area contributed by atoms with Crippen molar-refractivity contribution in [1.82, 2.24) is 10.0 Å². The Morgan fingerprint density at radius 3 is 2.50 bits per heavy atom. The minimum atomic E-state index is -3.41. The summed E-state index contributed by atoms with van der Waals surface area (Å²) < 4.78 is 31.3. The molecule has 6 nitrogen and oxygen atoms in total. The number of sulfonamides is 1. The van der Waals surface area contributed by atoms with E-state index in [1.807, 2.05) is 6.07 Å². The lowest BCUT2D eigenvalue weighted by atomic mass is 10.2. The average molecular weight is 322 g/mol. The Kier molecular flexibility index (Phi) is 5.35. The van der Waals surface area contributed by atoms with Gasteiger partial charge in [0.15, 0.2) is 0 Å². The second-order valence-corrected chi connectivity index (χ2v) is 6.59. The van der Waals surface area contributed by atoms with Crippen LogP contribution in [-0.2, 0) is 15.8 Å². The normalized spacial score (nSPS) is 11.3. The Hall–Kier alpha value is -2.12. The van der Waals surface area contributed by atoms with Gasteiger partial charge >= 0.3 is 0 Å². The predicted molar refractivity (Wildman–Crippen MR) is 82.8 cm³/mol. The molecule has 7 heteroatoms. The predicted octanol–water partition coefficient (Wildman–Crippen LogP) is 1.44. The molecule has 0 aliphatic carbocycles. The lowest BCUT2D eigenvalue weighted by Gasteiger charge is -2.08. The van der Waals surface area contributed by atoms with Crippen LogP contribution in [0.15, 0.2) is 47.1 Å². The van der Waals surface area contributed by atoms with Gasteiger partial charge in [0.25, 0.3) is 5.91 Å². The number of carbonyl (C=O) groups is 1. The van der Waals surface area contributed by atoms with Gasteiger partial charge in [0.05, 0.1) is 17.6 Å². The highest BCUT2D eigenvalue weighted by atomic mass is 32.2. The van der Waals surface area contributed by atoms with E-state index in [0.717, 1.165) is 0 Å². The maximum atomic E-state index is 11.9. The fourth-order valence-corrected chi connectivity index (χ4v) is 3.09. The second kappa shape index (κ2) is 7.24. The molecule has 0 aliphatic rings. The van der Waals surface area contributed by atoms with Crippen molar-refractivity contribution in [2.75, 3.05) is 13.1 Å². The van der Waals surface area contributed by atoms with Crippen LogP contribution >= 0.6 is 0 Å². The number of carbonyl (C=O) groups excluding carboxylic acids is 1. The van der Waals surface area contributed by atoms with Gasteiger partial charge in [-0.15, -0.1) is 0 Å². The highest BCUT2D eigenvalue weighted by Gasteiger charge is 2.12. The van der Waals surface area contributed by atoms with Gasteiger partial charge in [0, 0.05) is 13.1 Å². The molecule has 0 saturated heterocycles. The van der Waals surface area contributed by atoms with Crippen molar-refractivity contribution in [2.45, 2.75) is 12.7 Å². The van der Waals surface area contributed by atoms with Gasteiger partial charge in [-0.1, -0.05) is 30.3 Å². The Bertz CT molecular complexity index is 723. The van der Waals surface area contributed by atoms with E-state index in [1.54, 1.807) is 37.3 Å². The lowest BCUT2D eigenvalue weighted by Crippen LogP contribution is -2.35. The molecule has 0 radical (unpaired) electrons. The Labute approximate surface area is 129 Å². The zero-order valence-corrected chi connectivity index (χ0v) is 13.0. The van der Waals surface area contributed by atoms with Crippen molar-refractivity contribution in [3.63, 3.8) is 0 Å². The molecule has 1 amide bonds. The van der Waals surface area contributed by atoms with Crippen LogP contribution in [0.5, 0.6) is 0 Å². The summed E-state index contributed by atoms with van der Waals surface area (Å²) in [5.74, 6) is 0.165. The van der Waals surface area contributed by atoms with Crippen molar-refractivity contribution in [2.24, 2.45) is 0 Å². The van der Waals surface area contributed by atoms with Crippen LogP contribution in [0, 0.1) is 6.92 Å². The summed E-state index contributed by atoms with van der Waals surface area (Å²) >= 11 is 0. The number of furan rings is 1. The maximum Gasteiger partial charge on any atom is 0.254 e. The van der Waals surface area contributed by atoms with Gasteiger partial charge in [-0.3, -0.25) is 4.79 Å². The molecule has 1 aromatic carbocycles. The van der Waals surface area contributed by atoms with Crippen LogP contribution in [0.1, 0.15) is 21.7 Å². The van der Waals surface area contributed by atoms with Crippen molar-refractivity contribution in [3.8, 4) is 0 Å². The van der Waals surface area contributed by atoms with Gasteiger partial charge in [0.2, 0.25) is 10.0 Å². The molecule has 0 saturated carbocycles. The van der Waals surface area contributed by atoms with Crippen molar-refractivity contribution >= 4 is 15.9 Å². The summed E-state index contributed by atoms with van der Waals surface area (Å²) in [7, 11) is -3.41. The highest BCUT2D eigenvalue weighted by Crippen LogP contribution is 2.07. The number of hydrogen-bond donors (Lipinski definition) is 2. The summed E-state index contributed by atoms with van der Waals surface area (Å²) in [6.45, 7) is 2.03. The van der Waals surface area contributed by atoms with Crippen LogP contribution in [0.2, 0.25) is 0 Å². The first-order valence-corrected chi connectivity index (χ1v) is 8.47. The topological polar surface area (TPSA) is 88.4 Å². The van der Waals surface area contributed by atoms with E-state index in [2.05, 4.69) is 10.0 Å². The Morgan fingerprint density at radius 2 is 1.86 bits per heavy atom. The van der Waals surface area contributed by atoms with Gasteiger partial charge < -0.3 is 9.73 Å². The molecule has 1 aromatic heterocycles. The molecule has 0 spiro atoms. The largest absolute Gasteiger partial charge is 0.469 e. The van der Waals surface area contributed by atoms with Gasteiger partial charge in [-0.05, 0) is 18.6 Å². The molecule has 0 fully saturated rings. The zero-order valence-electron chi connectivity index (χ0n) is 12.2. The zero-order chi connectivity index (χ0) is 16.0. The van der Waals surface area contributed by atoms with E-state index < -0.39 is 10.0 Å². The number of hydrogen-bond acceptors (Lipinski definition) is 4. The third-order valence-electron chi connectivity index (χ3n) is 3.04. The van der Waals surface area contributed by atoms with Gasteiger partial charge in [-0.2, -0.15) is 0 Å². The smallest absolute Gasteiger partial charge is 0.254 e. The standard InChI is InChI=1S/C15H18N2O4S/c1-12-14(7-10-21-12)15(18)16-8-9-17-22(19,20)11-13-5-3-2-4-6-13/h2-7,10,17H,8-9,11H2,1H3,(H,16,18). The molecular formula is C15H18N2O4S. The fourth-order valence-electron chi connectivity index (χ4n) is 1.94. The first kappa shape index (κ1) is 16.3. The Balaban J connectivity index is 1.76. The second-order valence-electron chi connectivity index (χ2n) is 4.79. The monoisotopic (exact) mass is 322 g/mol. The maximum absolute atomic E-state index is 11.9. The minimum Gasteiger partial charge on any atom is -0.469 e. The number of benzene rings is 1. The van der Waals surface area contributed by atoms with Crippen LogP contribution in [0.4, 0.5) is 0 Å². The summed E-state index contributed by atoms with van der Waals surface area (Å²) in [4.78, 5) is 11.8. The summed E-state index contributed by atoms with van der Waals surface area (Å²) in [5.41, 5.74) is 1.17. The first-order valence-electron chi connectivity index (χ1n) is 6.81. The molecule has 22 heavy (non-hydrogen) atoms. The molecule has 0 aliphatic heterocycles. The number of nitrogens with one attached hydrogen (secondary N) is 2. The quantitative estimate of drug-likeness (QED) is 0.755. The van der Waals surface area contributed by atoms with Gasteiger partial charge in [-0.25, -0.2) is 13.1 Å². The molecule has 2 N–H and O–H groups in total. The van der Waals surface area contributed by atoms with E-state index >= 15 is 0 Å².